The fourth-order valence-electron chi connectivity index (χ4n) is 2.35. The van der Waals surface area contributed by atoms with Gasteiger partial charge in [0, 0.05) is 9.58 Å². The molecule has 21 heavy (non-hydrogen) atoms. The van der Waals surface area contributed by atoms with Crippen molar-refractivity contribution in [2.45, 2.75) is 6.92 Å². The summed E-state index contributed by atoms with van der Waals surface area (Å²) in [7, 11) is 1.65. The Kier molecular flexibility index (Phi) is 3.39. The third-order valence-electron chi connectivity index (χ3n) is 3.46. The Balaban J connectivity index is 2.10. The number of aromatic carboxylic acids is 1. The van der Waals surface area contributed by atoms with E-state index in [0.29, 0.717) is 5.56 Å². The first kappa shape index (κ1) is 13.6. The van der Waals surface area contributed by atoms with E-state index >= 15 is 0 Å². The number of benzene rings is 2. The lowest BCUT2D eigenvalue weighted by Gasteiger charge is -2.05. The molecule has 0 aliphatic heterocycles. The van der Waals surface area contributed by atoms with E-state index in [1.54, 1.807) is 30.6 Å². The average molecular weight is 298 g/mol. The first-order valence-corrected chi connectivity index (χ1v) is 7.32. The molecule has 2 aromatic carbocycles. The molecule has 1 heterocycles. The Bertz CT molecular complexity index is 833. The highest BCUT2D eigenvalue weighted by Gasteiger charge is 2.10. The van der Waals surface area contributed by atoms with Crippen LogP contribution in [0.4, 0.5) is 0 Å². The summed E-state index contributed by atoms with van der Waals surface area (Å²) in [5.41, 5.74) is 2.60. The van der Waals surface area contributed by atoms with Gasteiger partial charge in [-0.1, -0.05) is 0 Å². The maximum absolute atomic E-state index is 11.0. The van der Waals surface area contributed by atoms with Crippen molar-refractivity contribution in [1.82, 2.24) is 0 Å². The number of rotatable bonds is 3. The standard InChI is InChI=1S/C17H14O3S/c1-10-7-13(20-2)4-5-14(10)16-9-12-8-11(17(18)19)3-6-15(12)21-16/h3-9H,1-2H3,(H,18,19). The minimum absolute atomic E-state index is 0.318. The molecule has 0 aliphatic rings. The number of methoxy groups -OCH3 is 1. The van der Waals surface area contributed by atoms with Crippen LogP contribution in [0.25, 0.3) is 20.5 Å². The van der Waals surface area contributed by atoms with Crippen molar-refractivity contribution in [2.24, 2.45) is 0 Å². The smallest absolute Gasteiger partial charge is 0.335 e. The lowest BCUT2D eigenvalue weighted by atomic mass is 10.1. The Morgan fingerprint density at radius 2 is 1.95 bits per heavy atom. The molecule has 0 aliphatic carbocycles. The van der Waals surface area contributed by atoms with Gasteiger partial charge >= 0.3 is 5.97 Å². The van der Waals surface area contributed by atoms with Gasteiger partial charge in [0.15, 0.2) is 0 Å². The molecule has 0 bridgehead atoms. The first-order chi connectivity index (χ1) is 10.1. The number of fused-ring (bicyclic) bond motifs is 1. The molecule has 3 aromatic rings. The number of hydrogen-bond donors (Lipinski definition) is 1. The number of aryl methyl sites for hydroxylation is 1. The zero-order valence-corrected chi connectivity index (χ0v) is 12.5. The van der Waals surface area contributed by atoms with Gasteiger partial charge in [0.1, 0.15) is 5.75 Å². The summed E-state index contributed by atoms with van der Waals surface area (Å²) >= 11 is 1.66. The van der Waals surface area contributed by atoms with Crippen LogP contribution in [0.15, 0.2) is 42.5 Å². The molecule has 1 N–H and O–H groups in total. The molecule has 0 saturated heterocycles. The van der Waals surface area contributed by atoms with Crippen molar-refractivity contribution in [3.05, 3.63) is 53.6 Å². The number of carboxylic acid groups (broad SMARTS) is 1. The summed E-state index contributed by atoms with van der Waals surface area (Å²) in [4.78, 5) is 12.2. The molecule has 3 rings (SSSR count). The van der Waals surface area contributed by atoms with Gasteiger partial charge in [-0.05, 0) is 65.9 Å². The topological polar surface area (TPSA) is 46.5 Å². The molecular formula is C17H14O3S. The Labute approximate surface area is 126 Å². The predicted octanol–water partition coefficient (Wildman–Crippen LogP) is 4.58. The van der Waals surface area contributed by atoms with Gasteiger partial charge in [0.25, 0.3) is 0 Å². The summed E-state index contributed by atoms with van der Waals surface area (Å²) in [6.45, 7) is 2.05. The molecule has 106 valence electrons. The fraction of sp³-hybridized carbons (Fsp3) is 0.118. The number of carboxylic acids is 1. The van der Waals surface area contributed by atoms with E-state index < -0.39 is 5.97 Å². The third-order valence-corrected chi connectivity index (χ3v) is 4.61. The van der Waals surface area contributed by atoms with E-state index in [0.717, 1.165) is 31.8 Å². The van der Waals surface area contributed by atoms with Gasteiger partial charge in [-0.3, -0.25) is 0 Å². The molecule has 3 nitrogen and oxygen atoms in total. The number of ether oxygens (including phenoxy) is 1. The molecule has 0 spiro atoms. The predicted molar refractivity (Wildman–Crippen MR) is 85.5 cm³/mol. The van der Waals surface area contributed by atoms with Crippen molar-refractivity contribution in [2.75, 3.05) is 7.11 Å². The number of hydrogen-bond acceptors (Lipinski definition) is 3. The largest absolute Gasteiger partial charge is 0.497 e. The van der Waals surface area contributed by atoms with Crippen LogP contribution in [-0.4, -0.2) is 18.2 Å². The highest BCUT2D eigenvalue weighted by molar-refractivity contribution is 7.22. The summed E-state index contributed by atoms with van der Waals surface area (Å²) < 4.78 is 6.31. The van der Waals surface area contributed by atoms with Gasteiger partial charge < -0.3 is 9.84 Å². The lowest BCUT2D eigenvalue weighted by molar-refractivity contribution is 0.0697. The molecule has 4 heteroatoms. The summed E-state index contributed by atoms with van der Waals surface area (Å²) in [5, 5.41) is 10.0. The van der Waals surface area contributed by atoms with Gasteiger partial charge in [-0.15, -0.1) is 11.3 Å². The van der Waals surface area contributed by atoms with Gasteiger partial charge in [-0.25, -0.2) is 4.79 Å². The molecule has 0 unspecified atom stereocenters. The molecule has 0 atom stereocenters. The van der Waals surface area contributed by atoms with Crippen molar-refractivity contribution in [3.63, 3.8) is 0 Å². The molecule has 0 fully saturated rings. The molecule has 1 aromatic heterocycles. The third kappa shape index (κ3) is 2.50. The van der Waals surface area contributed by atoms with E-state index in [4.69, 9.17) is 9.84 Å². The van der Waals surface area contributed by atoms with E-state index in [2.05, 4.69) is 0 Å². The van der Waals surface area contributed by atoms with Gasteiger partial charge in [0.2, 0.25) is 0 Å². The van der Waals surface area contributed by atoms with Crippen molar-refractivity contribution >= 4 is 27.4 Å². The number of carbonyl (C=O) groups is 1. The van der Waals surface area contributed by atoms with Crippen molar-refractivity contribution < 1.29 is 14.6 Å². The van der Waals surface area contributed by atoms with Crippen molar-refractivity contribution in [3.8, 4) is 16.2 Å². The molecule has 0 amide bonds. The zero-order valence-electron chi connectivity index (χ0n) is 11.7. The summed E-state index contributed by atoms with van der Waals surface area (Å²) in [6, 6.07) is 13.3. The zero-order chi connectivity index (χ0) is 15.0. The van der Waals surface area contributed by atoms with Crippen LogP contribution < -0.4 is 4.74 Å². The normalized spacial score (nSPS) is 10.8. The van der Waals surface area contributed by atoms with E-state index in [-0.39, 0.29) is 0 Å². The molecule has 0 radical (unpaired) electrons. The van der Waals surface area contributed by atoms with E-state index in [9.17, 15) is 4.79 Å². The number of thiophene rings is 1. The Morgan fingerprint density at radius 1 is 1.14 bits per heavy atom. The Hall–Kier alpha value is -2.33. The Morgan fingerprint density at radius 3 is 2.62 bits per heavy atom. The minimum atomic E-state index is -0.898. The summed E-state index contributed by atoms with van der Waals surface area (Å²) in [5.74, 6) is -0.0594. The van der Waals surface area contributed by atoms with Crippen LogP contribution in [-0.2, 0) is 0 Å². The quantitative estimate of drug-likeness (QED) is 0.769. The van der Waals surface area contributed by atoms with Gasteiger partial charge in [0.05, 0.1) is 12.7 Å². The highest BCUT2D eigenvalue weighted by Crippen LogP contribution is 2.36. The summed E-state index contributed by atoms with van der Waals surface area (Å²) in [6.07, 6.45) is 0. The van der Waals surface area contributed by atoms with Crippen molar-refractivity contribution in [1.29, 1.82) is 0 Å². The first-order valence-electron chi connectivity index (χ1n) is 6.50. The minimum Gasteiger partial charge on any atom is -0.497 e. The maximum Gasteiger partial charge on any atom is 0.335 e. The monoisotopic (exact) mass is 298 g/mol. The second-order valence-corrected chi connectivity index (χ2v) is 5.93. The fourth-order valence-corrected chi connectivity index (χ4v) is 3.48. The highest BCUT2D eigenvalue weighted by atomic mass is 32.1. The average Bonchev–Trinajstić information content (AvgIpc) is 2.89. The van der Waals surface area contributed by atoms with Crippen LogP contribution in [0.2, 0.25) is 0 Å². The van der Waals surface area contributed by atoms with Crippen LogP contribution in [0, 0.1) is 6.92 Å². The maximum atomic E-state index is 11.0. The van der Waals surface area contributed by atoms with Gasteiger partial charge in [-0.2, -0.15) is 0 Å². The molecule has 0 saturated carbocycles. The molecular weight excluding hydrogens is 284 g/mol. The van der Waals surface area contributed by atoms with Crippen LogP contribution >= 0.6 is 11.3 Å². The van der Waals surface area contributed by atoms with Crippen LogP contribution in [0.5, 0.6) is 5.75 Å². The van der Waals surface area contributed by atoms with Crippen LogP contribution in [0.1, 0.15) is 15.9 Å². The second kappa shape index (κ2) is 5.22. The lowest BCUT2D eigenvalue weighted by Crippen LogP contribution is -1.94. The SMILES string of the molecule is COc1ccc(-c2cc3cc(C(=O)O)ccc3s2)c(C)c1. The van der Waals surface area contributed by atoms with Crippen LogP contribution in [0.3, 0.4) is 0 Å². The van der Waals surface area contributed by atoms with E-state index in [1.807, 2.05) is 37.3 Å². The van der Waals surface area contributed by atoms with E-state index in [1.165, 1.54) is 0 Å². The second-order valence-electron chi connectivity index (χ2n) is 4.85.